The second kappa shape index (κ2) is 11.6. The molecule has 1 aromatic rings. The lowest BCUT2D eigenvalue weighted by Gasteiger charge is -2.10. The topological polar surface area (TPSA) is 208 Å². The number of aromatic nitrogens is 1. The van der Waals surface area contributed by atoms with Crippen molar-refractivity contribution < 1.29 is 50.2 Å². The normalized spacial score (nSPS) is 24.9. The van der Waals surface area contributed by atoms with Gasteiger partial charge >= 0.3 is 0 Å². The number of pyridine rings is 1. The number of carbonyl (C=O) groups is 2. The standard InChI is InChI=1S/C11H13NO6.C6H14N2O2/c13-5-7-8(14)9(15)10(18-7)12-3-1-2-6(4-12)11(16)17;7-4-2-1-3-5(8)6(9)10/h1-4,7-10,13-15H,5H2;5H,1-4,7-8H2,(H,9,10)/t7-,8-,9-,10-;5-/m10/s1. The molecule has 0 radical (unpaired) electrons. The summed E-state index contributed by atoms with van der Waals surface area (Å²) in [5.41, 5.74) is 8.54. The van der Waals surface area contributed by atoms with Gasteiger partial charge in [-0.3, -0.25) is 0 Å². The van der Waals surface area contributed by atoms with Crippen molar-refractivity contribution in [1.29, 1.82) is 0 Å². The van der Waals surface area contributed by atoms with Crippen LogP contribution in [0.5, 0.6) is 0 Å². The molecule has 11 heteroatoms. The van der Waals surface area contributed by atoms with Gasteiger partial charge in [0.15, 0.2) is 18.5 Å². The van der Waals surface area contributed by atoms with Gasteiger partial charge in [-0.15, -0.1) is 0 Å². The van der Waals surface area contributed by atoms with Crippen LogP contribution in [0.15, 0.2) is 24.5 Å². The zero-order valence-corrected chi connectivity index (χ0v) is 15.3. The Hall–Kier alpha value is -2.15. The summed E-state index contributed by atoms with van der Waals surface area (Å²) in [7, 11) is 0. The molecule has 8 N–H and O–H groups in total. The lowest BCUT2D eigenvalue weighted by Crippen LogP contribution is -2.68. The van der Waals surface area contributed by atoms with E-state index in [-0.39, 0.29) is 5.56 Å². The number of unbranched alkanes of at least 4 members (excludes halogenated alkanes) is 1. The van der Waals surface area contributed by atoms with Gasteiger partial charge in [0, 0.05) is 12.5 Å². The average Bonchev–Trinajstić information content (AvgIpc) is 2.97. The number of aliphatic carboxylic acids is 1. The van der Waals surface area contributed by atoms with E-state index in [9.17, 15) is 30.0 Å². The molecular formula is C17H27N3O8. The molecule has 2 heterocycles. The molecule has 1 fully saturated rings. The van der Waals surface area contributed by atoms with Crippen molar-refractivity contribution in [2.45, 2.75) is 49.8 Å². The van der Waals surface area contributed by atoms with E-state index in [1.165, 1.54) is 29.1 Å². The van der Waals surface area contributed by atoms with Gasteiger partial charge in [0.2, 0.25) is 0 Å². The predicted octanol–water partition coefficient (Wildman–Crippen LogP) is -5.58. The fraction of sp³-hybridized carbons (Fsp3) is 0.588. The maximum Gasteiger partial charge on any atom is 0.292 e. The Morgan fingerprint density at radius 1 is 1.29 bits per heavy atom. The number of carbonyl (C=O) groups excluding carboxylic acids is 2. The van der Waals surface area contributed by atoms with Crippen molar-refractivity contribution >= 4 is 11.9 Å². The first-order valence-corrected chi connectivity index (χ1v) is 8.81. The number of rotatable bonds is 8. The Balaban J connectivity index is 0.000000336. The molecule has 0 saturated carbocycles. The highest BCUT2D eigenvalue weighted by Crippen LogP contribution is 2.24. The van der Waals surface area contributed by atoms with Gasteiger partial charge in [0.05, 0.1) is 24.1 Å². The number of carboxylic acids is 2. The van der Waals surface area contributed by atoms with Crippen molar-refractivity contribution in [3.05, 3.63) is 30.1 Å². The summed E-state index contributed by atoms with van der Waals surface area (Å²) in [6, 6.07) is 2.22. The molecule has 2 rings (SSSR count). The predicted molar refractivity (Wildman–Crippen MR) is 88.6 cm³/mol. The molecule has 158 valence electrons. The third kappa shape index (κ3) is 6.78. The minimum absolute atomic E-state index is 0.0739. The van der Waals surface area contributed by atoms with Crippen molar-refractivity contribution in [1.82, 2.24) is 0 Å². The summed E-state index contributed by atoms with van der Waals surface area (Å²) in [5, 5.41) is 49.1. The van der Waals surface area contributed by atoms with Crippen LogP contribution in [0.25, 0.3) is 0 Å². The van der Waals surface area contributed by atoms with Gasteiger partial charge in [-0.1, -0.05) is 0 Å². The van der Waals surface area contributed by atoms with Crippen LogP contribution in [-0.4, -0.2) is 64.8 Å². The molecule has 0 bridgehead atoms. The molecule has 1 aliphatic rings. The Morgan fingerprint density at radius 2 is 1.96 bits per heavy atom. The van der Waals surface area contributed by atoms with Crippen molar-refractivity contribution in [2.24, 2.45) is 5.73 Å². The maximum absolute atomic E-state index is 10.7. The maximum atomic E-state index is 10.7. The molecule has 0 amide bonds. The van der Waals surface area contributed by atoms with E-state index in [1.54, 1.807) is 0 Å². The minimum atomic E-state index is -1.35. The van der Waals surface area contributed by atoms with Crippen LogP contribution in [0.4, 0.5) is 0 Å². The molecule has 5 atom stereocenters. The number of aliphatic hydroxyl groups is 3. The largest absolute Gasteiger partial charge is 0.545 e. The highest BCUT2D eigenvalue weighted by Gasteiger charge is 2.47. The van der Waals surface area contributed by atoms with E-state index >= 15 is 0 Å². The van der Waals surface area contributed by atoms with Crippen LogP contribution in [0.2, 0.25) is 0 Å². The molecule has 11 nitrogen and oxygen atoms in total. The zero-order chi connectivity index (χ0) is 21.3. The average molecular weight is 401 g/mol. The first-order chi connectivity index (χ1) is 13.2. The monoisotopic (exact) mass is 401 g/mol. The third-order valence-corrected chi connectivity index (χ3v) is 4.21. The van der Waals surface area contributed by atoms with Crippen LogP contribution in [0.1, 0.15) is 35.8 Å². The molecule has 0 spiro atoms. The highest BCUT2D eigenvalue weighted by atomic mass is 16.6. The second-order valence-electron chi connectivity index (χ2n) is 6.36. The Kier molecular flexibility index (Phi) is 9.93. The van der Waals surface area contributed by atoms with Crippen LogP contribution in [-0.2, 0) is 9.53 Å². The molecule has 1 aromatic heterocycles. The van der Waals surface area contributed by atoms with E-state index in [2.05, 4.69) is 5.73 Å². The minimum Gasteiger partial charge on any atom is -0.545 e. The summed E-state index contributed by atoms with van der Waals surface area (Å²) in [6.07, 6.45) is 0.656. The number of nitrogens with two attached hydrogens (primary N) is 1. The van der Waals surface area contributed by atoms with Crippen LogP contribution < -0.4 is 26.2 Å². The smallest absolute Gasteiger partial charge is 0.292 e. The van der Waals surface area contributed by atoms with E-state index < -0.39 is 49.1 Å². The van der Waals surface area contributed by atoms with E-state index in [4.69, 9.17) is 15.6 Å². The van der Waals surface area contributed by atoms with Gasteiger partial charge < -0.3 is 51.3 Å². The van der Waals surface area contributed by atoms with E-state index in [1.807, 2.05) is 0 Å². The molecular weight excluding hydrogens is 374 g/mol. The fourth-order valence-corrected chi connectivity index (χ4v) is 2.55. The van der Waals surface area contributed by atoms with Gasteiger partial charge in [-0.25, -0.2) is 0 Å². The molecule has 1 saturated heterocycles. The Bertz CT molecular complexity index is 645. The van der Waals surface area contributed by atoms with Crippen molar-refractivity contribution in [3.8, 4) is 0 Å². The molecule has 1 aliphatic heterocycles. The number of hydrogen-bond donors (Lipinski definition) is 5. The second-order valence-corrected chi connectivity index (χ2v) is 6.36. The lowest BCUT2D eigenvalue weighted by molar-refractivity contribution is -0.765. The van der Waals surface area contributed by atoms with Gasteiger partial charge in [0.1, 0.15) is 18.2 Å². The third-order valence-electron chi connectivity index (χ3n) is 4.21. The summed E-state index contributed by atoms with van der Waals surface area (Å²) >= 11 is 0. The van der Waals surface area contributed by atoms with Gasteiger partial charge in [0.25, 0.3) is 6.23 Å². The zero-order valence-electron chi connectivity index (χ0n) is 15.3. The summed E-state index contributed by atoms with van der Waals surface area (Å²) in [6.45, 7) is 0.176. The van der Waals surface area contributed by atoms with Crippen molar-refractivity contribution in [3.63, 3.8) is 0 Å². The molecule has 0 unspecified atom stereocenters. The summed E-state index contributed by atoms with van der Waals surface area (Å²) < 4.78 is 6.57. The van der Waals surface area contributed by atoms with Crippen LogP contribution in [0.3, 0.4) is 0 Å². The van der Waals surface area contributed by atoms with Gasteiger partial charge in [-0.2, -0.15) is 4.57 Å². The van der Waals surface area contributed by atoms with Crippen LogP contribution >= 0.6 is 0 Å². The quantitative estimate of drug-likeness (QED) is 0.207. The number of nitrogens with zero attached hydrogens (tertiary/aromatic N) is 1. The number of ether oxygens (including phenoxy) is 1. The highest BCUT2D eigenvalue weighted by molar-refractivity contribution is 5.84. The Labute approximate surface area is 161 Å². The summed E-state index contributed by atoms with van der Waals surface area (Å²) in [4.78, 5) is 20.8. The first kappa shape index (κ1) is 23.9. The van der Waals surface area contributed by atoms with E-state index in [0.717, 1.165) is 12.8 Å². The Morgan fingerprint density at radius 3 is 2.46 bits per heavy atom. The first-order valence-electron chi connectivity index (χ1n) is 8.81. The SMILES string of the molecule is NCCCC[C@H]([NH3+])C(=O)[O-].O=C([O-])c1ccc[n+]([C@@H]2O[C@H](CO)[C@@H](O)[C@H]2O)c1. The van der Waals surface area contributed by atoms with Crippen molar-refractivity contribution in [2.75, 3.05) is 13.2 Å². The van der Waals surface area contributed by atoms with Gasteiger partial charge in [-0.05, 0) is 25.5 Å². The number of carboxylic acid groups (broad SMARTS) is 2. The fourth-order valence-electron chi connectivity index (χ4n) is 2.55. The molecule has 28 heavy (non-hydrogen) atoms. The number of aromatic carboxylic acids is 1. The van der Waals surface area contributed by atoms with E-state index in [0.29, 0.717) is 13.0 Å². The molecule has 0 aromatic carbocycles. The number of aliphatic hydroxyl groups excluding tert-OH is 3. The summed E-state index contributed by atoms with van der Waals surface area (Å²) in [5.74, 6) is -2.42. The lowest BCUT2D eigenvalue weighted by atomic mass is 10.1. The number of quaternary nitrogens is 1. The number of hydrogen-bond acceptors (Lipinski definition) is 9. The molecule has 0 aliphatic carbocycles. The van der Waals surface area contributed by atoms with Crippen LogP contribution in [0, 0.1) is 0 Å².